The molecule has 7 rings (SSSR count). The fourth-order valence-electron chi connectivity index (χ4n) is 16.4. The van der Waals surface area contributed by atoms with Gasteiger partial charge in [0.05, 0.1) is 6.42 Å². The molecule has 1 aromatic rings. The lowest BCUT2D eigenvalue weighted by Gasteiger charge is -2.42. The summed E-state index contributed by atoms with van der Waals surface area (Å²) in [4.78, 5) is 98.3. The summed E-state index contributed by atoms with van der Waals surface area (Å²) in [7, 11) is 0. The molecule has 1 aromatic carbocycles. The average molecular weight is 1160 g/mol. The van der Waals surface area contributed by atoms with Gasteiger partial charge in [-0.25, -0.2) is 4.79 Å². The average Bonchev–Trinajstić information content (AvgIpc) is 3.55. The number of carbonyl (C=O) groups is 7. The van der Waals surface area contributed by atoms with Crippen LogP contribution in [-0.4, -0.2) is 83.5 Å². The fraction of sp³-hybridized carbons (Fsp3) is 0.809. The first-order chi connectivity index (χ1) is 40.0. The summed E-state index contributed by atoms with van der Waals surface area (Å²) >= 11 is 0. The van der Waals surface area contributed by atoms with Crippen LogP contribution in [0.4, 0.5) is 4.79 Å². The van der Waals surface area contributed by atoms with Crippen LogP contribution in [0.3, 0.4) is 0 Å². The Morgan fingerprint density at radius 1 is 0.422 bits per heavy atom. The summed E-state index contributed by atoms with van der Waals surface area (Å²) in [6.07, 6.45) is 25.0. The Balaban J connectivity index is 0.933. The minimum Gasteiger partial charge on any atom is -0.461 e. The molecule has 0 saturated heterocycles. The molecule has 6 saturated carbocycles. The molecular weight excluding hydrogens is 1040 g/mol. The van der Waals surface area contributed by atoms with Crippen LogP contribution >= 0.6 is 0 Å². The minimum atomic E-state index is -0.614. The van der Waals surface area contributed by atoms with Crippen molar-refractivity contribution < 1.29 is 43.0 Å². The first kappa shape index (κ1) is 65.8. The number of amides is 6. The maximum Gasteiger partial charge on any atom is 0.407 e. The van der Waals surface area contributed by atoms with Crippen LogP contribution in [0.25, 0.3) is 0 Å². The van der Waals surface area contributed by atoms with Crippen LogP contribution < -0.4 is 31.9 Å². The second-order valence-corrected chi connectivity index (χ2v) is 27.4. The zero-order valence-corrected chi connectivity index (χ0v) is 52.2. The molecule has 6 fully saturated rings. The summed E-state index contributed by atoms with van der Waals surface area (Å²) in [6, 6.07) is 8.97. The summed E-state index contributed by atoms with van der Waals surface area (Å²) < 4.78 is 11.3. The first-order valence-electron chi connectivity index (χ1n) is 33.7. The molecule has 0 heterocycles. The van der Waals surface area contributed by atoms with Gasteiger partial charge in [0, 0.05) is 66.3 Å². The van der Waals surface area contributed by atoms with Crippen molar-refractivity contribution in [2.75, 3.05) is 0 Å². The first-order valence-corrected chi connectivity index (χ1v) is 33.7. The number of carbonyl (C=O) groups excluding carboxylic acids is 7. The van der Waals surface area contributed by atoms with Crippen LogP contribution in [0, 0.1) is 59.2 Å². The highest BCUT2D eigenvalue weighted by Crippen LogP contribution is 2.40. The molecule has 0 aromatic heterocycles. The highest BCUT2D eigenvalue weighted by atomic mass is 16.6. The largest absolute Gasteiger partial charge is 0.461 e. The maximum atomic E-state index is 14.8. The molecule has 83 heavy (non-hydrogen) atoms. The minimum absolute atomic E-state index is 0.00389. The van der Waals surface area contributed by atoms with Crippen LogP contribution in [0.1, 0.15) is 247 Å². The van der Waals surface area contributed by atoms with E-state index in [4.69, 9.17) is 9.47 Å². The molecule has 16 atom stereocenters. The number of hydrogen-bond acceptors (Lipinski definition) is 9. The normalized spacial score (nSPS) is 30.2. The lowest BCUT2D eigenvalue weighted by Crippen LogP contribution is -2.55. The molecule has 6 N–H and O–H groups in total. The van der Waals surface area contributed by atoms with Crippen LogP contribution in [0.5, 0.6) is 0 Å². The summed E-state index contributed by atoms with van der Waals surface area (Å²) in [6.45, 7) is 14.1. The fourth-order valence-corrected chi connectivity index (χ4v) is 16.4. The van der Waals surface area contributed by atoms with E-state index >= 15 is 0 Å². The zero-order valence-electron chi connectivity index (χ0n) is 52.2. The molecule has 466 valence electrons. The van der Waals surface area contributed by atoms with Crippen molar-refractivity contribution in [2.45, 2.75) is 290 Å². The topological polar surface area (TPSA) is 210 Å². The third-order valence-electron chi connectivity index (χ3n) is 20.7. The second kappa shape index (κ2) is 32.7. The number of rotatable bonds is 24. The molecule has 6 aliphatic rings. The monoisotopic (exact) mass is 1150 g/mol. The molecule has 0 unspecified atom stereocenters. The predicted octanol–water partition coefficient (Wildman–Crippen LogP) is 12.1. The third-order valence-corrected chi connectivity index (χ3v) is 20.7. The Morgan fingerprint density at radius 3 is 1.13 bits per heavy atom. The van der Waals surface area contributed by atoms with Gasteiger partial charge < -0.3 is 41.4 Å². The van der Waals surface area contributed by atoms with E-state index in [1.807, 2.05) is 51.1 Å². The van der Waals surface area contributed by atoms with E-state index in [1.165, 1.54) is 0 Å². The molecule has 15 heteroatoms. The molecule has 0 spiro atoms. The van der Waals surface area contributed by atoms with Gasteiger partial charge in [-0.15, -0.1) is 0 Å². The Hall–Kier alpha value is -4.69. The van der Waals surface area contributed by atoms with Crippen molar-refractivity contribution in [1.82, 2.24) is 31.9 Å². The quantitative estimate of drug-likeness (QED) is 0.0543. The van der Waals surface area contributed by atoms with Crippen LogP contribution in [0.15, 0.2) is 30.3 Å². The van der Waals surface area contributed by atoms with E-state index in [0.717, 1.165) is 160 Å². The van der Waals surface area contributed by atoms with Gasteiger partial charge in [0.1, 0.15) is 12.2 Å². The summed E-state index contributed by atoms with van der Waals surface area (Å²) in [5, 5.41) is 20.6. The number of benzene rings is 1. The maximum absolute atomic E-state index is 14.8. The second-order valence-electron chi connectivity index (χ2n) is 27.4. The summed E-state index contributed by atoms with van der Waals surface area (Å²) in [5.41, 5.74) is 0.337. The molecule has 0 radical (unpaired) electrons. The van der Waals surface area contributed by atoms with Crippen molar-refractivity contribution in [3.05, 3.63) is 35.9 Å². The van der Waals surface area contributed by atoms with Crippen molar-refractivity contribution in [1.29, 1.82) is 0 Å². The number of esters is 1. The molecule has 6 aliphatic carbocycles. The number of ether oxygens (including phenoxy) is 2. The molecule has 15 nitrogen and oxygen atoms in total. The third kappa shape index (κ3) is 19.2. The van der Waals surface area contributed by atoms with Crippen molar-refractivity contribution in [2.24, 2.45) is 59.2 Å². The van der Waals surface area contributed by atoms with Crippen molar-refractivity contribution >= 4 is 41.6 Å². The van der Waals surface area contributed by atoms with E-state index in [2.05, 4.69) is 59.6 Å². The van der Waals surface area contributed by atoms with Crippen molar-refractivity contribution in [3.63, 3.8) is 0 Å². The Bertz CT molecular complexity index is 2240. The van der Waals surface area contributed by atoms with Gasteiger partial charge in [0.25, 0.3) is 0 Å². The van der Waals surface area contributed by atoms with Gasteiger partial charge in [0.15, 0.2) is 0 Å². The van der Waals surface area contributed by atoms with E-state index in [0.29, 0.717) is 32.1 Å². The standard InChI is InChI=1S/C68H110N6O9/c1-8-47(63(77)70-56-36-22-15-29-45(56)41-61(75)69-55-35-21-16-30-46(55)42-62(76)82-43-44-27-13-12-14-28-44)51-31-17-23-37-57(51)71-64(78)48(9-2)52-32-18-24-38-58(52)72-65(79)49(10-3)53-33-19-25-39-59(53)73-66(80)50(11-4)54-34-20-26-40-60(54)74-67(81)83-68(5,6)7/h12-14,27-28,45-60H,8-11,15-26,29-43H2,1-7H3,(H,69,75)(H,70,77)(H,71,78)(H,72,79)(H,73,80)(H,74,81)/t45-,46-,47-,48-,49-,50-,51-,52-,53-,54-,55-,56-,57-,58-,59-,60-/m0/s1. The van der Waals surface area contributed by atoms with Crippen LogP contribution in [-0.2, 0) is 44.8 Å². The molecule has 0 aliphatic heterocycles. The Labute approximate surface area is 499 Å². The van der Waals surface area contributed by atoms with E-state index in [9.17, 15) is 33.6 Å². The number of hydrogen-bond donors (Lipinski definition) is 6. The lowest BCUT2D eigenvalue weighted by atomic mass is 9.72. The number of alkyl carbamates (subject to hydrolysis) is 1. The SMILES string of the molecule is CC[C@H](C(=O)N[C@H]1CCCC[C@H]1[C@H](CC)C(=O)N[C@H]1CCCC[C@H]1[C@H](CC)C(=O)N[C@H]1CCCC[C@H]1[C@H](CC)C(=O)N[C@H]1CCCC[C@H]1CC(=O)N[C@H]1CCCC[C@H]1CC(=O)OCc1ccccc1)[C@@H]1CCCC[C@@H]1NC(=O)OC(C)(C)C. The Morgan fingerprint density at radius 2 is 0.747 bits per heavy atom. The van der Waals surface area contributed by atoms with Gasteiger partial charge >= 0.3 is 12.1 Å². The summed E-state index contributed by atoms with van der Waals surface area (Å²) in [5.74, 6) is -1.21. The molecule has 0 bridgehead atoms. The zero-order chi connectivity index (χ0) is 59.5. The number of nitrogens with one attached hydrogen (secondary N) is 6. The predicted molar refractivity (Wildman–Crippen MR) is 325 cm³/mol. The van der Waals surface area contributed by atoms with E-state index < -0.39 is 11.7 Å². The molecular formula is C68H110N6O9. The van der Waals surface area contributed by atoms with E-state index in [1.54, 1.807) is 0 Å². The highest BCUT2D eigenvalue weighted by Gasteiger charge is 2.44. The van der Waals surface area contributed by atoms with E-state index in [-0.39, 0.29) is 144 Å². The van der Waals surface area contributed by atoms with Gasteiger partial charge in [-0.05, 0) is 165 Å². The lowest BCUT2D eigenvalue weighted by molar-refractivity contribution is -0.147. The van der Waals surface area contributed by atoms with Gasteiger partial charge in [-0.3, -0.25) is 28.8 Å². The van der Waals surface area contributed by atoms with Gasteiger partial charge in [-0.2, -0.15) is 0 Å². The van der Waals surface area contributed by atoms with Crippen LogP contribution in [0.2, 0.25) is 0 Å². The molecule has 6 amide bonds. The highest BCUT2D eigenvalue weighted by molar-refractivity contribution is 5.83. The smallest absolute Gasteiger partial charge is 0.407 e. The van der Waals surface area contributed by atoms with Crippen molar-refractivity contribution in [3.8, 4) is 0 Å². The Kier molecular flexibility index (Phi) is 26.0. The van der Waals surface area contributed by atoms with Gasteiger partial charge in [-0.1, -0.05) is 135 Å². The van der Waals surface area contributed by atoms with Gasteiger partial charge in [0.2, 0.25) is 29.5 Å².